The van der Waals surface area contributed by atoms with Gasteiger partial charge in [0.05, 0.1) is 10.8 Å². The summed E-state index contributed by atoms with van der Waals surface area (Å²) in [5, 5.41) is 9.92. The van der Waals surface area contributed by atoms with Crippen molar-refractivity contribution in [2.75, 3.05) is 17.3 Å². The molecular formula is C20H24ClN7O3S. The van der Waals surface area contributed by atoms with Crippen molar-refractivity contribution in [1.29, 1.82) is 0 Å². The van der Waals surface area contributed by atoms with Crippen molar-refractivity contribution in [3.63, 3.8) is 0 Å². The molecule has 2 bridgehead atoms. The van der Waals surface area contributed by atoms with Crippen molar-refractivity contribution >= 4 is 46.9 Å². The molecule has 4 rings (SSSR count). The SMILES string of the molecule is CSCC(=O)NNC(=O)C12C[C@H](C)C[C@H](C1)N2C(=O)Nc1ccc(Cl)c(-c2ncn[nH]2)c1. The van der Waals surface area contributed by atoms with Gasteiger partial charge in [-0.15, -0.1) is 0 Å². The van der Waals surface area contributed by atoms with Crippen LogP contribution in [0.4, 0.5) is 10.5 Å². The van der Waals surface area contributed by atoms with Gasteiger partial charge in [0.1, 0.15) is 11.9 Å². The number of anilines is 1. The highest BCUT2D eigenvalue weighted by molar-refractivity contribution is 7.99. The first-order valence-corrected chi connectivity index (χ1v) is 11.9. The predicted octanol–water partition coefficient (Wildman–Crippen LogP) is 2.41. The van der Waals surface area contributed by atoms with Gasteiger partial charge in [-0.1, -0.05) is 18.5 Å². The van der Waals surface area contributed by atoms with Gasteiger partial charge in [0.2, 0.25) is 5.91 Å². The number of nitrogens with one attached hydrogen (secondary N) is 4. The molecule has 0 spiro atoms. The average molecular weight is 478 g/mol. The Kier molecular flexibility index (Phi) is 6.29. The van der Waals surface area contributed by atoms with E-state index in [0.717, 1.165) is 6.42 Å². The number of hydrazine groups is 1. The van der Waals surface area contributed by atoms with Gasteiger partial charge in [0, 0.05) is 23.7 Å². The van der Waals surface area contributed by atoms with Crippen LogP contribution in [0.25, 0.3) is 11.4 Å². The summed E-state index contributed by atoms with van der Waals surface area (Å²) in [4.78, 5) is 43.7. The van der Waals surface area contributed by atoms with E-state index in [1.54, 1.807) is 29.4 Å². The summed E-state index contributed by atoms with van der Waals surface area (Å²) in [5.74, 6) is 0.347. The first-order chi connectivity index (χ1) is 15.3. The highest BCUT2D eigenvalue weighted by atomic mass is 35.5. The molecule has 0 radical (unpaired) electrons. The molecule has 4 N–H and O–H groups in total. The summed E-state index contributed by atoms with van der Waals surface area (Å²) in [6.07, 6.45) is 5.10. The topological polar surface area (TPSA) is 132 Å². The number of amides is 4. The highest BCUT2D eigenvalue weighted by Crippen LogP contribution is 2.50. The van der Waals surface area contributed by atoms with Crippen LogP contribution in [0.5, 0.6) is 0 Å². The maximum Gasteiger partial charge on any atom is 0.323 e. The van der Waals surface area contributed by atoms with Gasteiger partial charge >= 0.3 is 6.03 Å². The van der Waals surface area contributed by atoms with Crippen LogP contribution < -0.4 is 16.2 Å². The molecule has 1 saturated heterocycles. The van der Waals surface area contributed by atoms with Gasteiger partial charge in [-0.05, 0) is 43.2 Å². The zero-order valence-corrected chi connectivity index (χ0v) is 19.2. The van der Waals surface area contributed by atoms with Gasteiger partial charge in [-0.2, -0.15) is 16.9 Å². The van der Waals surface area contributed by atoms with Crippen molar-refractivity contribution in [2.45, 2.75) is 37.8 Å². The van der Waals surface area contributed by atoms with Crippen molar-refractivity contribution in [2.24, 2.45) is 5.92 Å². The second-order valence-corrected chi connectivity index (χ2v) is 9.47. The van der Waals surface area contributed by atoms with Crippen LogP contribution in [0, 0.1) is 5.92 Å². The third-order valence-electron chi connectivity index (χ3n) is 5.88. The normalized spacial score (nSPS) is 23.8. The van der Waals surface area contributed by atoms with Crippen molar-refractivity contribution in [3.05, 3.63) is 29.5 Å². The Balaban J connectivity index is 1.51. The average Bonchev–Trinajstić information content (AvgIpc) is 3.27. The van der Waals surface area contributed by atoms with Gasteiger partial charge in [-0.25, -0.2) is 9.78 Å². The van der Waals surface area contributed by atoms with E-state index >= 15 is 0 Å². The van der Waals surface area contributed by atoms with Crippen LogP contribution >= 0.6 is 23.4 Å². The van der Waals surface area contributed by atoms with E-state index in [1.165, 1.54) is 18.1 Å². The van der Waals surface area contributed by atoms with Gasteiger partial charge in [0.15, 0.2) is 5.82 Å². The number of fused-ring (bicyclic) bond motifs is 2. The van der Waals surface area contributed by atoms with E-state index in [4.69, 9.17) is 11.6 Å². The predicted molar refractivity (Wildman–Crippen MR) is 122 cm³/mol. The van der Waals surface area contributed by atoms with Gasteiger partial charge in [-0.3, -0.25) is 25.5 Å². The largest absolute Gasteiger partial charge is 0.323 e. The number of rotatable bonds is 5. The number of aromatic nitrogens is 3. The smallest absolute Gasteiger partial charge is 0.308 e. The number of hydrogen-bond acceptors (Lipinski definition) is 6. The Morgan fingerprint density at radius 1 is 1.31 bits per heavy atom. The number of halogens is 1. The first kappa shape index (κ1) is 22.4. The summed E-state index contributed by atoms with van der Waals surface area (Å²) in [5.41, 5.74) is 5.08. The molecule has 2 aliphatic rings. The van der Waals surface area contributed by atoms with E-state index in [9.17, 15) is 14.4 Å². The summed E-state index contributed by atoms with van der Waals surface area (Å²) in [6, 6.07) is 4.65. The van der Waals surface area contributed by atoms with E-state index in [-0.39, 0.29) is 29.6 Å². The highest BCUT2D eigenvalue weighted by Gasteiger charge is 2.62. The maximum atomic E-state index is 13.2. The van der Waals surface area contributed by atoms with Crippen molar-refractivity contribution in [3.8, 4) is 11.4 Å². The number of thioether (sulfide) groups is 1. The Labute approximate surface area is 194 Å². The monoisotopic (exact) mass is 477 g/mol. The first-order valence-electron chi connectivity index (χ1n) is 10.2. The zero-order valence-electron chi connectivity index (χ0n) is 17.6. The number of piperidine rings is 1. The maximum absolute atomic E-state index is 13.2. The number of hydrogen-bond donors (Lipinski definition) is 4. The molecule has 1 aromatic heterocycles. The lowest BCUT2D eigenvalue weighted by atomic mass is 9.64. The molecule has 32 heavy (non-hydrogen) atoms. The number of nitrogens with zero attached hydrogens (tertiary/aromatic N) is 3. The van der Waals surface area contributed by atoms with Crippen LogP contribution in [0.15, 0.2) is 24.5 Å². The molecule has 2 fully saturated rings. The number of likely N-dealkylation sites (tertiary alicyclic amines) is 1. The number of H-pyrrole nitrogens is 1. The fourth-order valence-corrected chi connectivity index (χ4v) is 5.22. The minimum absolute atomic E-state index is 0.0348. The Hall–Kier alpha value is -2.79. The molecule has 1 saturated carbocycles. The van der Waals surface area contributed by atoms with E-state index in [2.05, 4.69) is 38.3 Å². The lowest BCUT2D eigenvalue weighted by molar-refractivity contribution is -0.157. The van der Waals surface area contributed by atoms with E-state index in [0.29, 0.717) is 40.9 Å². The van der Waals surface area contributed by atoms with Crippen LogP contribution in [-0.4, -0.2) is 61.5 Å². The van der Waals surface area contributed by atoms with Crippen molar-refractivity contribution in [1.82, 2.24) is 30.9 Å². The molecule has 170 valence electrons. The molecule has 1 unspecified atom stereocenters. The number of carbonyl (C=O) groups is 3. The minimum atomic E-state index is -0.987. The second-order valence-electron chi connectivity index (χ2n) is 8.20. The molecule has 10 nitrogen and oxygen atoms in total. The second kappa shape index (κ2) is 8.99. The summed E-state index contributed by atoms with van der Waals surface area (Å²) in [6.45, 7) is 2.07. The van der Waals surface area contributed by atoms with E-state index < -0.39 is 5.54 Å². The molecule has 1 aromatic carbocycles. The van der Waals surface area contributed by atoms with Crippen molar-refractivity contribution < 1.29 is 14.4 Å². The summed E-state index contributed by atoms with van der Waals surface area (Å²) >= 11 is 7.62. The molecule has 4 amide bonds. The van der Waals surface area contributed by atoms with Crippen LogP contribution in [-0.2, 0) is 9.59 Å². The number of carbonyl (C=O) groups excluding carboxylic acids is 3. The van der Waals surface area contributed by atoms with Crippen LogP contribution in [0.2, 0.25) is 5.02 Å². The molecule has 2 aromatic rings. The molecule has 1 aliphatic carbocycles. The Morgan fingerprint density at radius 2 is 2.12 bits per heavy atom. The standard InChI is InChI=1S/C20H24ClN7O3S/c1-11-5-13-8-20(7-11,18(30)27-25-16(29)9-32-2)28(13)19(31)24-12-3-4-15(21)14(6-12)17-22-10-23-26-17/h3-4,6,10-11,13H,5,7-9H2,1-2H3,(H,24,31)(H,25,29)(H,27,30)(H,22,23,26)/t11-,13-,20?/m1/s1. The van der Waals surface area contributed by atoms with E-state index in [1.807, 2.05) is 0 Å². The molecule has 12 heteroatoms. The fourth-order valence-electron chi connectivity index (χ4n) is 4.68. The number of urea groups is 1. The molecular weight excluding hydrogens is 454 g/mol. The number of benzene rings is 1. The summed E-state index contributed by atoms with van der Waals surface area (Å²) in [7, 11) is 0. The molecule has 2 heterocycles. The quantitative estimate of drug-likeness (QED) is 0.489. The summed E-state index contributed by atoms with van der Waals surface area (Å²) < 4.78 is 0. The fraction of sp³-hybridized carbons (Fsp3) is 0.450. The molecule has 1 aliphatic heterocycles. The Bertz CT molecular complexity index is 1030. The lowest BCUT2D eigenvalue weighted by Gasteiger charge is -2.61. The zero-order chi connectivity index (χ0) is 22.9. The van der Waals surface area contributed by atoms with Crippen LogP contribution in [0.3, 0.4) is 0 Å². The third kappa shape index (κ3) is 4.14. The number of aromatic amines is 1. The third-order valence-corrected chi connectivity index (χ3v) is 6.76. The van der Waals surface area contributed by atoms with Gasteiger partial charge < -0.3 is 10.2 Å². The Morgan fingerprint density at radius 3 is 2.84 bits per heavy atom. The van der Waals surface area contributed by atoms with Gasteiger partial charge in [0.25, 0.3) is 5.91 Å². The van der Waals surface area contributed by atoms with Crippen LogP contribution in [0.1, 0.15) is 26.2 Å². The molecule has 3 atom stereocenters. The minimum Gasteiger partial charge on any atom is -0.308 e. The lowest BCUT2D eigenvalue weighted by Crippen LogP contribution is -2.78.